The number of rotatable bonds is 7. The van der Waals surface area contributed by atoms with Crippen molar-refractivity contribution in [3.63, 3.8) is 0 Å². The fourth-order valence-electron chi connectivity index (χ4n) is 2.54. The lowest BCUT2D eigenvalue weighted by Crippen LogP contribution is -2.32. The van der Waals surface area contributed by atoms with Crippen LogP contribution >= 0.6 is 11.6 Å². The first kappa shape index (κ1) is 21.7. The fraction of sp³-hybridized carbons (Fsp3) is 0.263. The van der Waals surface area contributed by atoms with Gasteiger partial charge in [-0.3, -0.25) is 9.10 Å². The Morgan fingerprint density at radius 1 is 1.07 bits per heavy atom. The average molecular weight is 425 g/mol. The van der Waals surface area contributed by atoms with Crippen LogP contribution in [0.4, 0.5) is 11.4 Å². The molecular weight excluding hydrogens is 404 g/mol. The van der Waals surface area contributed by atoms with E-state index in [1.54, 1.807) is 26.0 Å². The third kappa shape index (κ3) is 4.82. The van der Waals surface area contributed by atoms with Crippen molar-refractivity contribution >= 4 is 44.9 Å². The number of amides is 1. The minimum atomic E-state index is -3.39. The Bertz CT molecular complexity index is 974. The van der Waals surface area contributed by atoms with Gasteiger partial charge in [-0.1, -0.05) is 11.6 Å². The lowest BCUT2D eigenvalue weighted by atomic mass is 10.1. The first-order valence-corrected chi connectivity index (χ1v) is 10.5. The molecule has 0 saturated heterocycles. The summed E-state index contributed by atoms with van der Waals surface area (Å²) in [5.74, 6) is -1.01. The van der Waals surface area contributed by atoms with E-state index < -0.39 is 21.9 Å². The Balaban J connectivity index is 2.23. The van der Waals surface area contributed by atoms with Crippen molar-refractivity contribution in [2.75, 3.05) is 29.0 Å². The number of halogens is 1. The minimum absolute atomic E-state index is 0.0158. The van der Waals surface area contributed by atoms with Crippen LogP contribution < -0.4 is 9.62 Å². The number of esters is 1. The molecule has 0 unspecified atom stereocenters. The molecule has 1 N–H and O–H groups in total. The molecule has 0 spiro atoms. The molecule has 2 aromatic carbocycles. The molecule has 0 aliphatic rings. The lowest BCUT2D eigenvalue weighted by molar-refractivity contribution is 0.0600. The molecule has 9 heteroatoms. The lowest BCUT2D eigenvalue weighted by Gasteiger charge is -2.22. The minimum Gasteiger partial charge on any atom is -0.465 e. The van der Waals surface area contributed by atoms with Crippen molar-refractivity contribution < 1.29 is 22.7 Å². The number of hydrogen-bond acceptors (Lipinski definition) is 5. The molecule has 2 aromatic rings. The van der Waals surface area contributed by atoms with Crippen molar-refractivity contribution in [2.45, 2.75) is 13.8 Å². The number of methoxy groups -OCH3 is 1. The highest BCUT2D eigenvalue weighted by molar-refractivity contribution is 7.92. The van der Waals surface area contributed by atoms with E-state index >= 15 is 0 Å². The quantitative estimate of drug-likeness (QED) is 0.686. The van der Waals surface area contributed by atoms with Crippen LogP contribution in [0, 0.1) is 0 Å². The third-order valence-corrected chi connectivity index (χ3v) is 6.24. The second-order valence-electron chi connectivity index (χ2n) is 5.75. The van der Waals surface area contributed by atoms with Gasteiger partial charge in [0.05, 0.1) is 34.8 Å². The summed E-state index contributed by atoms with van der Waals surface area (Å²) in [4.78, 5) is 24.1. The summed E-state index contributed by atoms with van der Waals surface area (Å²) < 4.78 is 30.2. The van der Waals surface area contributed by atoms with Crippen LogP contribution in [-0.4, -0.2) is 39.7 Å². The van der Waals surface area contributed by atoms with Gasteiger partial charge in [-0.2, -0.15) is 0 Å². The standard InChI is InChI=1S/C19H21ClN2O5S/c1-4-22(28(25,26)5-2)15-9-6-13(7-10-15)18(23)21-17-12-14(19(24)27-3)8-11-16(17)20/h6-12H,4-5H2,1-3H3,(H,21,23). The zero-order valence-corrected chi connectivity index (χ0v) is 17.3. The number of carbonyl (C=O) groups is 2. The Morgan fingerprint density at radius 2 is 1.68 bits per heavy atom. The summed E-state index contributed by atoms with van der Waals surface area (Å²) in [5.41, 5.74) is 1.31. The molecule has 0 aliphatic carbocycles. The zero-order chi connectivity index (χ0) is 20.9. The number of anilines is 2. The van der Waals surface area contributed by atoms with Gasteiger partial charge in [0.2, 0.25) is 10.0 Å². The number of ether oxygens (including phenoxy) is 1. The fourth-order valence-corrected chi connectivity index (χ4v) is 3.85. The van der Waals surface area contributed by atoms with Crippen LogP contribution in [0.15, 0.2) is 42.5 Å². The van der Waals surface area contributed by atoms with Crippen LogP contribution in [0.5, 0.6) is 0 Å². The molecule has 0 aromatic heterocycles. The maximum Gasteiger partial charge on any atom is 0.337 e. The van der Waals surface area contributed by atoms with Crippen LogP contribution in [0.2, 0.25) is 5.02 Å². The molecule has 2 rings (SSSR count). The maximum atomic E-state index is 12.5. The summed E-state index contributed by atoms with van der Waals surface area (Å²) in [6.07, 6.45) is 0. The smallest absolute Gasteiger partial charge is 0.337 e. The highest BCUT2D eigenvalue weighted by Crippen LogP contribution is 2.25. The van der Waals surface area contributed by atoms with E-state index in [0.29, 0.717) is 11.3 Å². The SMILES string of the molecule is CCN(c1ccc(C(=O)Nc2cc(C(=O)OC)ccc2Cl)cc1)S(=O)(=O)CC. The summed E-state index contributed by atoms with van der Waals surface area (Å²) in [7, 11) is -2.14. The topological polar surface area (TPSA) is 92.8 Å². The number of carbonyl (C=O) groups excluding carboxylic acids is 2. The van der Waals surface area contributed by atoms with E-state index in [0.717, 1.165) is 0 Å². The summed E-state index contributed by atoms with van der Waals surface area (Å²) >= 11 is 6.09. The second-order valence-corrected chi connectivity index (χ2v) is 8.34. The molecule has 1 amide bonds. The monoisotopic (exact) mass is 424 g/mol. The zero-order valence-electron chi connectivity index (χ0n) is 15.7. The van der Waals surface area contributed by atoms with Gasteiger partial charge in [0.25, 0.3) is 5.91 Å². The molecule has 0 heterocycles. The Hall–Kier alpha value is -2.58. The van der Waals surface area contributed by atoms with Crippen LogP contribution in [0.1, 0.15) is 34.6 Å². The van der Waals surface area contributed by atoms with Gasteiger partial charge in [0.1, 0.15) is 0 Å². The van der Waals surface area contributed by atoms with Gasteiger partial charge in [0, 0.05) is 12.1 Å². The summed E-state index contributed by atoms with van der Waals surface area (Å²) in [6, 6.07) is 10.6. The Morgan fingerprint density at radius 3 is 2.21 bits per heavy atom. The third-order valence-electron chi connectivity index (χ3n) is 4.04. The van der Waals surface area contributed by atoms with E-state index in [1.807, 2.05) is 0 Å². The van der Waals surface area contributed by atoms with Gasteiger partial charge >= 0.3 is 5.97 Å². The molecule has 28 heavy (non-hydrogen) atoms. The van der Waals surface area contributed by atoms with E-state index in [2.05, 4.69) is 10.1 Å². The van der Waals surface area contributed by atoms with E-state index in [1.165, 1.54) is 41.7 Å². The molecule has 0 fully saturated rings. The predicted octanol–water partition coefficient (Wildman–Crippen LogP) is 3.55. The van der Waals surface area contributed by atoms with Gasteiger partial charge in [-0.15, -0.1) is 0 Å². The molecule has 150 valence electrons. The highest BCUT2D eigenvalue weighted by atomic mass is 35.5. The highest BCUT2D eigenvalue weighted by Gasteiger charge is 2.19. The van der Waals surface area contributed by atoms with Crippen molar-refractivity contribution in [3.05, 3.63) is 58.6 Å². The van der Waals surface area contributed by atoms with Crippen LogP contribution in [0.3, 0.4) is 0 Å². The van der Waals surface area contributed by atoms with E-state index in [9.17, 15) is 18.0 Å². The van der Waals surface area contributed by atoms with Crippen molar-refractivity contribution in [3.8, 4) is 0 Å². The van der Waals surface area contributed by atoms with E-state index in [-0.39, 0.29) is 28.6 Å². The van der Waals surface area contributed by atoms with Gasteiger partial charge in [0.15, 0.2) is 0 Å². The number of sulfonamides is 1. The molecular formula is C19H21ClN2O5S. The Labute approximate surface area is 169 Å². The molecule has 0 bridgehead atoms. The van der Waals surface area contributed by atoms with Gasteiger partial charge < -0.3 is 10.1 Å². The number of benzene rings is 2. The van der Waals surface area contributed by atoms with E-state index in [4.69, 9.17) is 11.6 Å². The van der Waals surface area contributed by atoms with Gasteiger partial charge in [-0.05, 0) is 56.3 Å². The maximum absolute atomic E-state index is 12.5. The summed E-state index contributed by atoms with van der Waals surface area (Å²) in [5, 5.41) is 2.91. The van der Waals surface area contributed by atoms with Crippen molar-refractivity contribution in [2.24, 2.45) is 0 Å². The molecule has 0 saturated carbocycles. The van der Waals surface area contributed by atoms with Gasteiger partial charge in [-0.25, -0.2) is 13.2 Å². The summed E-state index contributed by atoms with van der Waals surface area (Å²) in [6.45, 7) is 3.60. The molecule has 0 radical (unpaired) electrons. The second kappa shape index (κ2) is 9.07. The average Bonchev–Trinajstić information content (AvgIpc) is 2.69. The number of nitrogens with one attached hydrogen (secondary N) is 1. The van der Waals surface area contributed by atoms with Crippen molar-refractivity contribution in [1.29, 1.82) is 0 Å². The molecule has 7 nitrogen and oxygen atoms in total. The molecule has 0 atom stereocenters. The van der Waals surface area contributed by atoms with Crippen molar-refractivity contribution in [1.82, 2.24) is 0 Å². The van der Waals surface area contributed by atoms with Crippen LogP contribution in [-0.2, 0) is 14.8 Å². The predicted molar refractivity (Wildman–Crippen MR) is 110 cm³/mol. The number of nitrogens with zero attached hydrogens (tertiary/aromatic N) is 1. The normalized spacial score (nSPS) is 11.0. The largest absolute Gasteiger partial charge is 0.465 e. The first-order chi connectivity index (χ1) is 13.2. The number of hydrogen-bond donors (Lipinski definition) is 1. The molecule has 0 aliphatic heterocycles. The van der Waals surface area contributed by atoms with Crippen LogP contribution in [0.25, 0.3) is 0 Å². The first-order valence-electron chi connectivity index (χ1n) is 8.53. The Kier molecular flexibility index (Phi) is 7.04.